The van der Waals surface area contributed by atoms with Crippen molar-refractivity contribution in [3.05, 3.63) is 59.7 Å². The Labute approximate surface area is 171 Å². The summed E-state index contributed by atoms with van der Waals surface area (Å²) in [5.41, 5.74) is 4.62. The molecule has 0 radical (unpaired) electrons. The third-order valence-corrected chi connectivity index (χ3v) is 5.15. The van der Waals surface area contributed by atoms with Gasteiger partial charge >= 0.3 is 11.8 Å². The van der Waals surface area contributed by atoms with Crippen molar-refractivity contribution in [1.29, 1.82) is 0 Å². The van der Waals surface area contributed by atoms with E-state index in [-0.39, 0.29) is 19.2 Å². The number of nitrogens with zero attached hydrogens (tertiary/aromatic N) is 2. The highest BCUT2D eigenvalue weighted by Gasteiger charge is 2.28. The number of rotatable bonds is 7. The number of carbonyl (C=O) groups excluding carboxylic acids is 2. The highest BCUT2D eigenvalue weighted by atomic mass is 16.3. The summed E-state index contributed by atoms with van der Waals surface area (Å²) in [6, 6.07) is 16.4. The topological polar surface area (TPSA) is 84.9 Å². The van der Waals surface area contributed by atoms with Crippen molar-refractivity contribution < 1.29 is 14.7 Å². The Morgan fingerprint density at radius 1 is 1.07 bits per heavy atom. The van der Waals surface area contributed by atoms with Gasteiger partial charge in [-0.25, -0.2) is 0 Å². The van der Waals surface area contributed by atoms with Crippen LogP contribution in [0.5, 0.6) is 0 Å². The van der Waals surface area contributed by atoms with Crippen LogP contribution in [0.25, 0.3) is 0 Å². The van der Waals surface area contributed by atoms with E-state index >= 15 is 0 Å². The predicted octanol–water partition coefficient (Wildman–Crippen LogP) is 1.08. The van der Waals surface area contributed by atoms with Crippen LogP contribution in [0.2, 0.25) is 0 Å². The third kappa shape index (κ3) is 4.86. The zero-order chi connectivity index (χ0) is 20.8. The molecular formula is C22H28N4O3. The largest absolute Gasteiger partial charge is 0.395 e. The summed E-state index contributed by atoms with van der Waals surface area (Å²) in [4.78, 5) is 28.3. The lowest BCUT2D eigenvalue weighted by Gasteiger charge is -2.31. The van der Waals surface area contributed by atoms with Gasteiger partial charge in [0, 0.05) is 45.1 Å². The third-order valence-electron chi connectivity index (χ3n) is 5.15. The van der Waals surface area contributed by atoms with Crippen molar-refractivity contribution in [1.82, 2.24) is 10.6 Å². The highest BCUT2D eigenvalue weighted by Crippen LogP contribution is 2.35. The lowest BCUT2D eigenvalue weighted by molar-refractivity contribution is -0.139. The fourth-order valence-corrected chi connectivity index (χ4v) is 3.61. The van der Waals surface area contributed by atoms with Gasteiger partial charge in [0.15, 0.2) is 0 Å². The molecule has 29 heavy (non-hydrogen) atoms. The van der Waals surface area contributed by atoms with E-state index in [1.807, 2.05) is 31.1 Å². The minimum Gasteiger partial charge on any atom is -0.395 e. The summed E-state index contributed by atoms with van der Waals surface area (Å²) >= 11 is 0. The van der Waals surface area contributed by atoms with Crippen molar-refractivity contribution in [2.45, 2.75) is 12.5 Å². The number of hydrogen-bond acceptors (Lipinski definition) is 5. The summed E-state index contributed by atoms with van der Waals surface area (Å²) in [5, 5.41) is 13.9. The van der Waals surface area contributed by atoms with Gasteiger partial charge in [0.25, 0.3) is 0 Å². The minimum atomic E-state index is -0.734. The van der Waals surface area contributed by atoms with E-state index in [1.165, 1.54) is 5.56 Å². The summed E-state index contributed by atoms with van der Waals surface area (Å²) in [6.07, 6.45) is 0.952. The molecule has 0 aromatic heterocycles. The lowest BCUT2D eigenvalue weighted by atomic mass is 10.0. The van der Waals surface area contributed by atoms with Crippen LogP contribution < -0.4 is 20.4 Å². The number of anilines is 2. The maximum atomic E-state index is 12.2. The van der Waals surface area contributed by atoms with Crippen LogP contribution in [-0.2, 0) is 16.0 Å². The SMILES string of the molecule is CN(C)c1ccc([C@@H](CNC(=O)C(=O)NCCO)N2CCc3ccccc32)cc1. The summed E-state index contributed by atoms with van der Waals surface area (Å²) in [6.45, 7) is 1.01. The van der Waals surface area contributed by atoms with E-state index in [2.05, 4.69) is 51.9 Å². The standard InChI is InChI=1S/C22H28N4O3/c1-25(2)18-9-7-17(8-10-18)20(15-24-22(29)21(28)23-12-14-27)26-13-11-16-5-3-4-6-19(16)26/h3-10,20,27H,11-15H2,1-2H3,(H,23,28)(H,24,29)/t20-/m1/s1. The van der Waals surface area contributed by atoms with E-state index in [9.17, 15) is 9.59 Å². The molecule has 2 amide bonds. The van der Waals surface area contributed by atoms with E-state index in [0.29, 0.717) is 6.54 Å². The maximum Gasteiger partial charge on any atom is 0.309 e. The molecule has 1 aliphatic rings. The zero-order valence-electron chi connectivity index (χ0n) is 16.9. The minimum absolute atomic E-state index is 0.0567. The van der Waals surface area contributed by atoms with Crippen molar-refractivity contribution in [3.8, 4) is 0 Å². The quantitative estimate of drug-likeness (QED) is 0.610. The number of hydrogen-bond donors (Lipinski definition) is 3. The molecule has 7 heteroatoms. The van der Waals surface area contributed by atoms with Crippen LogP contribution in [0, 0.1) is 0 Å². The number of amides is 2. The molecule has 1 atom stereocenters. The first-order chi connectivity index (χ1) is 14.0. The molecule has 2 aromatic rings. The molecule has 154 valence electrons. The number of carbonyl (C=O) groups is 2. The molecule has 3 N–H and O–H groups in total. The Balaban J connectivity index is 1.81. The first kappa shape index (κ1) is 20.7. The van der Waals surface area contributed by atoms with E-state index in [0.717, 1.165) is 29.9 Å². The number of benzene rings is 2. The molecule has 0 spiro atoms. The van der Waals surface area contributed by atoms with Gasteiger partial charge in [-0.15, -0.1) is 0 Å². The molecule has 0 saturated heterocycles. The molecule has 3 rings (SSSR count). The van der Waals surface area contributed by atoms with Crippen LogP contribution in [0.1, 0.15) is 17.2 Å². The fraction of sp³-hybridized carbons (Fsp3) is 0.364. The second kappa shape index (κ2) is 9.43. The Morgan fingerprint density at radius 3 is 2.45 bits per heavy atom. The van der Waals surface area contributed by atoms with Gasteiger partial charge in [0.1, 0.15) is 0 Å². The number of para-hydroxylation sites is 1. The number of aliphatic hydroxyl groups is 1. The molecule has 0 unspecified atom stereocenters. The second-order valence-electron chi connectivity index (χ2n) is 7.26. The monoisotopic (exact) mass is 396 g/mol. The number of aliphatic hydroxyl groups excluding tert-OH is 1. The average molecular weight is 396 g/mol. The van der Waals surface area contributed by atoms with Crippen molar-refractivity contribution in [2.75, 3.05) is 50.1 Å². The van der Waals surface area contributed by atoms with Crippen LogP contribution in [0.4, 0.5) is 11.4 Å². The van der Waals surface area contributed by atoms with E-state index in [4.69, 9.17) is 5.11 Å². The summed E-state index contributed by atoms with van der Waals surface area (Å²) in [5.74, 6) is -1.43. The molecule has 2 aromatic carbocycles. The second-order valence-corrected chi connectivity index (χ2v) is 7.26. The highest BCUT2D eigenvalue weighted by molar-refractivity contribution is 6.35. The zero-order valence-corrected chi connectivity index (χ0v) is 16.9. The first-order valence-corrected chi connectivity index (χ1v) is 9.80. The predicted molar refractivity (Wildman–Crippen MR) is 114 cm³/mol. The van der Waals surface area contributed by atoms with Gasteiger partial charge in [-0.1, -0.05) is 30.3 Å². The Kier molecular flexibility index (Phi) is 6.72. The van der Waals surface area contributed by atoms with Gasteiger partial charge in [-0.05, 0) is 35.7 Å². The van der Waals surface area contributed by atoms with Gasteiger partial charge < -0.3 is 25.5 Å². The fourth-order valence-electron chi connectivity index (χ4n) is 3.61. The number of fused-ring (bicyclic) bond motifs is 1. The summed E-state index contributed by atoms with van der Waals surface area (Å²) in [7, 11) is 3.99. The molecule has 0 aliphatic carbocycles. The first-order valence-electron chi connectivity index (χ1n) is 9.80. The van der Waals surface area contributed by atoms with E-state index < -0.39 is 11.8 Å². The Bertz CT molecular complexity index is 851. The van der Waals surface area contributed by atoms with Gasteiger partial charge in [0.05, 0.1) is 12.6 Å². The van der Waals surface area contributed by atoms with Crippen molar-refractivity contribution >= 4 is 23.2 Å². The Morgan fingerprint density at radius 2 is 1.76 bits per heavy atom. The van der Waals surface area contributed by atoms with Crippen LogP contribution in [0.3, 0.4) is 0 Å². The maximum absolute atomic E-state index is 12.2. The normalized spacial score (nSPS) is 13.6. The van der Waals surface area contributed by atoms with Crippen LogP contribution in [0.15, 0.2) is 48.5 Å². The molecule has 0 fully saturated rings. The van der Waals surface area contributed by atoms with E-state index in [1.54, 1.807) is 0 Å². The van der Waals surface area contributed by atoms with Gasteiger partial charge in [-0.3, -0.25) is 9.59 Å². The lowest BCUT2D eigenvalue weighted by Crippen LogP contribution is -2.44. The molecule has 7 nitrogen and oxygen atoms in total. The van der Waals surface area contributed by atoms with Crippen molar-refractivity contribution in [3.63, 3.8) is 0 Å². The smallest absolute Gasteiger partial charge is 0.309 e. The van der Waals surface area contributed by atoms with Gasteiger partial charge in [-0.2, -0.15) is 0 Å². The molecule has 0 bridgehead atoms. The Hall–Kier alpha value is -3.06. The summed E-state index contributed by atoms with van der Waals surface area (Å²) < 4.78 is 0. The molecule has 0 saturated carbocycles. The van der Waals surface area contributed by atoms with Gasteiger partial charge in [0.2, 0.25) is 0 Å². The van der Waals surface area contributed by atoms with Crippen molar-refractivity contribution in [2.24, 2.45) is 0 Å². The number of nitrogens with one attached hydrogen (secondary N) is 2. The molecule has 1 aliphatic heterocycles. The average Bonchev–Trinajstić information content (AvgIpc) is 3.16. The molecule has 1 heterocycles. The molecular weight excluding hydrogens is 368 g/mol. The van der Waals surface area contributed by atoms with Crippen LogP contribution >= 0.6 is 0 Å². The van der Waals surface area contributed by atoms with Crippen LogP contribution in [-0.4, -0.2) is 57.3 Å².